The molecule has 0 unspecified atom stereocenters. The van der Waals surface area contributed by atoms with Crippen LogP contribution >= 0.6 is 0 Å². The molecule has 0 aromatic heterocycles. The zero-order valence-electron chi connectivity index (χ0n) is 7.42. The molecule has 0 amide bonds. The van der Waals surface area contributed by atoms with Crippen molar-refractivity contribution in [2.45, 2.75) is 0 Å². The van der Waals surface area contributed by atoms with Crippen molar-refractivity contribution in [3.8, 4) is 0 Å². The molecule has 0 aliphatic heterocycles. The summed E-state index contributed by atoms with van der Waals surface area (Å²) in [7, 11) is 0. The highest BCUT2D eigenvalue weighted by Crippen LogP contribution is 2.01. The van der Waals surface area contributed by atoms with E-state index in [1.807, 2.05) is 0 Å². The molecule has 1 aromatic carbocycles. The molecule has 0 radical (unpaired) electrons. The van der Waals surface area contributed by atoms with Crippen molar-refractivity contribution in [1.29, 1.82) is 0 Å². The number of nitrogens with two attached hydrogens (primary N) is 3. The smallest absolute Gasteiger partial charge is 0.275 e. The van der Waals surface area contributed by atoms with E-state index in [1.54, 1.807) is 12.1 Å². The van der Waals surface area contributed by atoms with Gasteiger partial charge in [0.15, 0.2) is 0 Å². The fourth-order valence-electron chi connectivity index (χ4n) is 0.908. The molecule has 5 nitrogen and oxygen atoms in total. The number of halogens is 1. The van der Waals surface area contributed by atoms with Crippen molar-refractivity contribution < 1.29 is 14.4 Å². The predicted octanol–water partition coefficient (Wildman–Crippen LogP) is -3.79. The molecule has 8 N–H and O–H groups in total. The Hall–Kier alpha value is -2.11. The number of rotatable bonds is 1. The minimum absolute atomic E-state index is 0.0357. The van der Waals surface area contributed by atoms with Crippen LogP contribution < -0.4 is 27.2 Å². The van der Waals surface area contributed by atoms with E-state index in [2.05, 4.69) is 9.98 Å². The molecule has 0 aliphatic rings. The Kier molecular flexibility index (Phi) is 3.01. The van der Waals surface area contributed by atoms with E-state index in [-0.39, 0.29) is 17.7 Å². The van der Waals surface area contributed by atoms with Gasteiger partial charge in [0, 0.05) is 6.07 Å². The average Bonchev–Trinajstić information content (AvgIpc) is 2.01. The van der Waals surface area contributed by atoms with Crippen LogP contribution in [0.2, 0.25) is 0 Å². The average molecular weight is 197 g/mol. The summed E-state index contributed by atoms with van der Waals surface area (Å²) in [6, 6.07) is 5.84. The van der Waals surface area contributed by atoms with Gasteiger partial charge >= 0.3 is 11.9 Å². The van der Waals surface area contributed by atoms with Crippen LogP contribution in [0.1, 0.15) is 0 Å². The molecule has 0 bridgehead atoms. The van der Waals surface area contributed by atoms with E-state index in [9.17, 15) is 4.39 Å². The molecule has 0 saturated carbocycles. The minimum Gasteiger partial charge on any atom is -0.275 e. The number of nitrogens with one attached hydrogen (secondary N) is 2. The van der Waals surface area contributed by atoms with Crippen LogP contribution in [0.15, 0.2) is 24.3 Å². The summed E-state index contributed by atoms with van der Waals surface area (Å²) in [6.07, 6.45) is 0. The number of benzene rings is 1. The second-order valence-electron chi connectivity index (χ2n) is 2.63. The molecule has 0 fully saturated rings. The Morgan fingerprint density at radius 3 is 2.50 bits per heavy atom. The van der Waals surface area contributed by atoms with Crippen molar-refractivity contribution in [1.82, 2.24) is 0 Å². The normalized spacial score (nSPS) is 11.1. The van der Waals surface area contributed by atoms with E-state index in [1.165, 1.54) is 12.1 Å². The third kappa shape index (κ3) is 3.10. The lowest BCUT2D eigenvalue weighted by Gasteiger charge is -1.91. The fraction of sp³-hybridized carbons (Fsp3) is 0. The lowest BCUT2D eigenvalue weighted by molar-refractivity contribution is -0.459. The number of guanidine groups is 2. The molecule has 0 atom stereocenters. The second kappa shape index (κ2) is 4.22. The highest BCUT2D eigenvalue weighted by atomic mass is 19.1. The summed E-state index contributed by atoms with van der Waals surface area (Å²) >= 11 is 0. The van der Waals surface area contributed by atoms with Gasteiger partial charge in [0.2, 0.25) is 0 Å². The van der Waals surface area contributed by atoms with Crippen LogP contribution in [-0.2, 0) is 0 Å². The first-order valence-corrected chi connectivity index (χ1v) is 3.88. The summed E-state index contributed by atoms with van der Waals surface area (Å²) in [5.41, 5.74) is 16.2. The van der Waals surface area contributed by atoms with Crippen molar-refractivity contribution >= 4 is 17.6 Å². The van der Waals surface area contributed by atoms with Crippen LogP contribution in [0.3, 0.4) is 0 Å². The monoisotopic (exact) mass is 197 g/mol. The maximum absolute atomic E-state index is 12.7. The summed E-state index contributed by atoms with van der Waals surface area (Å²) in [4.78, 5) is 5.12. The zero-order chi connectivity index (χ0) is 10.6. The van der Waals surface area contributed by atoms with Gasteiger partial charge in [0.25, 0.3) is 0 Å². The van der Waals surface area contributed by atoms with Crippen molar-refractivity contribution in [2.75, 3.05) is 0 Å². The third-order valence-corrected chi connectivity index (χ3v) is 1.38. The molecular formula is C8H12FN5+2. The molecule has 1 aromatic rings. The van der Waals surface area contributed by atoms with Crippen LogP contribution in [0.4, 0.5) is 10.1 Å². The molecule has 0 saturated heterocycles. The van der Waals surface area contributed by atoms with E-state index in [4.69, 9.17) is 17.2 Å². The van der Waals surface area contributed by atoms with Crippen molar-refractivity contribution in [3.05, 3.63) is 30.1 Å². The first kappa shape index (κ1) is 9.97. The van der Waals surface area contributed by atoms with Crippen LogP contribution in [0.25, 0.3) is 0 Å². The molecule has 14 heavy (non-hydrogen) atoms. The molecule has 0 aliphatic carbocycles. The maximum atomic E-state index is 12.7. The number of hydrogen-bond donors (Lipinski definition) is 5. The Balaban J connectivity index is 2.92. The van der Waals surface area contributed by atoms with Gasteiger partial charge in [0.1, 0.15) is 11.5 Å². The first-order chi connectivity index (χ1) is 6.58. The Bertz CT molecular complexity index is 381. The lowest BCUT2D eigenvalue weighted by Crippen LogP contribution is -2.96. The van der Waals surface area contributed by atoms with Gasteiger partial charge in [-0.3, -0.25) is 17.2 Å². The van der Waals surface area contributed by atoms with Gasteiger partial charge in [-0.2, -0.15) is 4.99 Å². The van der Waals surface area contributed by atoms with Gasteiger partial charge in [0.05, 0.1) is 0 Å². The fourth-order valence-corrected chi connectivity index (χ4v) is 0.908. The zero-order valence-corrected chi connectivity index (χ0v) is 7.42. The van der Waals surface area contributed by atoms with Gasteiger partial charge in [-0.1, -0.05) is 6.07 Å². The first-order valence-electron chi connectivity index (χ1n) is 3.88. The van der Waals surface area contributed by atoms with Gasteiger partial charge in [-0.25, -0.2) is 9.38 Å². The lowest BCUT2D eigenvalue weighted by atomic mass is 10.3. The standard InChI is InChI=1S/C8H10FN5/c9-5-2-1-3-6(4-5)13-8(12)14-7(10)11/h1-4H,(H6,10,11,12,13,14)/p+2. The predicted molar refractivity (Wildman–Crippen MR) is 50.6 cm³/mol. The topological polar surface area (TPSA) is 106 Å². The van der Waals surface area contributed by atoms with Gasteiger partial charge in [-0.05, 0) is 12.1 Å². The van der Waals surface area contributed by atoms with Crippen molar-refractivity contribution in [2.24, 2.45) is 17.2 Å². The Morgan fingerprint density at radius 2 is 1.93 bits per heavy atom. The minimum atomic E-state index is -0.354. The summed E-state index contributed by atoms with van der Waals surface area (Å²) in [5.74, 6) is -0.255. The third-order valence-electron chi connectivity index (χ3n) is 1.38. The molecule has 0 heterocycles. The molecule has 0 spiro atoms. The highest BCUT2D eigenvalue weighted by Gasteiger charge is 2.00. The van der Waals surface area contributed by atoms with E-state index in [0.717, 1.165) is 0 Å². The number of hydrogen-bond acceptors (Lipinski definition) is 0. The summed E-state index contributed by atoms with van der Waals surface area (Å²) in [5, 5.41) is 0. The highest BCUT2D eigenvalue weighted by molar-refractivity contribution is 5.75. The van der Waals surface area contributed by atoms with E-state index >= 15 is 0 Å². The quantitative estimate of drug-likeness (QED) is 0.235. The molecule has 74 valence electrons. The van der Waals surface area contributed by atoms with E-state index in [0.29, 0.717) is 5.69 Å². The summed E-state index contributed by atoms with van der Waals surface area (Å²) in [6.45, 7) is 0. The van der Waals surface area contributed by atoms with Gasteiger partial charge < -0.3 is 0 Å². The van der Waals surface area contributed by atoms with Crippen LogP contribution in [-0.4, -0.2) is 11.9 Å². The van der Waals surface area contributed by atoms with Crippen LogP contribution in [0, 0.1) is 5.82 Å². The Morgan fingerprint density at radius 1 is 1.21 bits per heavy atom. The van der Waals surface area contributed by atoms with Crippen molar-refractivity contribution in [3.63, 3.8) is 0 Å². The molecule has 1 rings (SSSR count). The van der Waals surface area contributed by atoms with E-state index < -0.39 is 0 Å². The maximum Gasteiger partial charge on any atom is 0.390 e. The second-order valence-corrected chi connectivity index (χ2v) is 2.63. The SMILES string of the molecule is NC(N)=[NH+]C(N)=[NH+]c1cccc(F)c1. The van der Waals surface area contributed by atoms with Crippen LogP contribution in [0.5, 0.6) is 0 Å². The summed E-state index contributed by atoms with van der Waals surface area (Å²) < 4.78 is 12.7. The molecular weight excluding hydrogens is 185 g/mol. The molecule has 6 heteroatoms. The largest absolute Gasteiger partial charge is 0.390 e. The Labute approximate surface area is 80.1 Å². The van der Waals surface area contributed by atoms with Gasteiger partial charge in [-0.15, -0.1) is 0 Å².